The largest absolute Gasteiger partial charge is 0.327 e. The van der Waals surface area contributed by atoms with Gasteiger partial charge in [-0.15, -0.1) is 0 Å². The molecule has 2 aromatic rings. The van der Waals surface area contributed by atoms with Gasteiger partial charge in [0.05, 0.1) is 11.3 Å². The number of hydrogen-bond donors (Lipinski definition) is 1. The van der Waals surface area contributed by atoms with Crippen molar-refractivity contribution in [2.75, 3.05) is 23.3 Å². The third kappa shape index (κ3) is 3.35. The zero-order chi connectivity index (χ0) is 19.7. The lowest BCUT2D eigenvalue weighted by molar-refractivity contribution is -0.125. The molecule has 2 aliphatic rings. The van der Waals surface area contributed by atoms with Crippen LogP contribution in [0.4, 0.5) is 15.8 Å². The van der Waals surface area contributed by atoms with E-state index in [1.807, 2.05) is 0 Å². The Morgan fingerprint density at radius 3 is 2.61 bits per heavy atom. The molecule has 144 valence electrons. The molecule has 0 saturated carbocycles. The van der Waals surface area contributed by atoms with Crippen LogP contribution in [0.5, 0.6) is 0 Å². The molecule has 0 aromatic heterocycles. The smallest absolute Gasteiger partial charge is 0.256 e. The van der Waals surface area contributed by atoms with Crippen LogP contribution in [0.15, 0.2) is 48.5 Å². The molecule has 0 bridgehead atoms. The molecule has 6 nitrogen and oxygen atoms in total. The van der Waals surface area contributed by atoms with E-state index < -0.39 is 17.8 Å². The topological polar surface area (TPSA) is 69.7 Å². The fourth-order valence-corrected chi connectivity index (χ4v) is 3.81. The van der Waals surface area contributed by atoms with Crippen molar-refractivity contribution in [1.29, 1.82) is 0 Å². The Morgan fingerprint density at radius 2 is 1.82 bits per heavy atom. The fraction of sp³-hybridized carbons (Fsp3) is 0.286. The summed E-state index contributed by atoms with van der Waals surface area (Å²) in [5, 5.41) is 2.67. The Balaban J connectivity index is 1.63. The van der Waals surface area contributed by atoms with Crippen molar-refractivity contribution in [3.8, 4) is 0 Å². The number of halogens is 1. The van der Waals surface area contributed by atoms with Gasteiger partial charge in [0.15, 0.2) is 0 Å². The normalized spacial score (nSPS) is 19.0. The first-order valence-corrected chi connectivity index (χ1v) is 9.31. The highest BCUT2D eigenvalue weighted by molar-refractivity contribution is 6.13. The first-order valence-electron chi connectivity index (χ1n) is 9.31. The number of para-hydroxylation sites is 1. The minimum Gasteiger partial charge on any atom is -0.327 e. The zero-order valence-corrected chi connectivity index (χ0v) is 15.2. The number of carbonyl (C=O) groups excluding carboxylic acids is 3. The maximum absolute atomic E-state index is 13.2. The van der Waals surface area contributed by atoms with Crippen LogP contribution in [0.25, 0.3) is 0 Å². The van der Waals surface area contributed by atoms with Crippen molar-refractivity contribution < 1.29 is 18.8 Å². The maximum atomic E-state index is 13.2. The molecule has 1 fully saturated rings. The lowest BCUT2D eigenvalue weighted by atomic mass is 10.0. The molecule has 2 heterocycles. The highest BCUT2D eigenvalue weighted by Gasteiger charge is 2.40. The summed E-state index contributed by atoms with van der Waals surface area (Å²) in [6.45, 7) is 0.323. The second-order valence-electron chi connectivity index (χ2n) is 7.01. The van der Waals surface area contributed by atoms with Gasteiger partial charge in [0.25, 0.3) is 5.91 Å². The van der Waals surface area contributed by atoms with Crippen LogP contribution in [-0.2, 0) is 9.59 Å². The molecule has 4 rings (SSSR count). The van der Waals surface area contributed by atoms with Crippen molar-refractivity contribution in [2.24, 2.45) is 0 Å². The van der Waals surface area contributed by atoms with Crippen LogP contribution < -0.4 is 10.2 Å². The van der Waals surface area contributed by atoms with Crippen LogP contribution in [0.1, 0.15) is 29.6 Å². The molecule has 0 unspecified atom stereocenters. The maximum Gasteiger partial charge on any atom is 0.256 e. The second kappa shape index (κ2) is 7.42. The van der Waals surface area contributed by atoms with Crippen molar-refractivity contribution >= 4 is 29.1 Å². The number of hydrogen-bond acceptors (Lipinski definition) is 3. The lowest BCUT2D eigenvalue weighted by Gasteiger charge is -2.34. The van der Waals surface area contributed by atoms with E-state index >= 15 is 0 Å². The summed E-state index contributed by atoms with van der Waals surface area (Å²) in [5.74, 6) is -1.22. The van der Waals surface area contributed by atoms with Gasteiger partial charge in [0, 0.05) is 12.2 Å². The average Bonchev–Trinajstić information content (AvgIpc) is 2.80. The van der Waals surface area contributed by atoms with E-state index in [1.54, 1.807) is 29.2 Å². The van der Waals surface area contributed by atoms with E-state index in [9.17, 15) is 18.8 Å². The van der Waals surface area contributed by atoms with E-state index in [1.165, 1.54) is 29.2 Å². The van der Waals surface area contributed by atoms with E-state index in [2.05, 4.69) is 5.32 Å². The van der Waals surface area contributed by atoms with Crippen molar-refractivity contribution in [2.45, 2.75) is 25.3 Å². The number of carbonyl (C=O) groups is 3. The van der Waals surface area contributed by atoms with Gasteiger partial charge in [0.1, 0.15) is 18.4 Å². The highest BCUT2D eigenvalue weighted by atomic mass is 19.1. The van der Waals surface area contributed by atoms with Crippen molar-refractivity contribution in [1.82, 2.24) is 4.90 Å². The van der Waals surface area contributed by atoms with Gasteiger partial charge in [0.2, 0.25) is 11.8 Å². The second-order valence-corrected chi connectivity index (χ2v) is 7.01. The molecule has 0 aliphatic carbocycles. The van der Waals surface area contributed by atoms with Gasteiger partial charge in [-0.2, -0.15) is 0 Å². The number of piperidine rings is 1. The number of nitrogens with one attached hydrogen (secondary N) is 1. The van der Waals surface area contributed by atoms with Crippen LogP contribution in [-0.4, -0.2) is 41.8 Å². The molecule has 1 N–H and O–H groups in total. The Labute approximate surface area is 161 Å². The number of nitrogens with zero attached hydrogens (tertiary/aromatic N) is 2. The molecule has 7 heteroatoms. The summed E-state index contributed by atoms with van der Waals surface area (Å²) < 4.78 is 13.1. The van der Waals surface area contributed by atoms with Crippen LogP contribution in [0.2, 0.25) is 0 Å². The predicted molar refractivity (Wildman–Crippen MR) is 103 cm³/mol. The van der Waals surface area contributed by atoms with E-state index in [4.69, 9.17) is 0 Å². The number of fused-ring (bicyclic) bond motifs is 2. The number of rotatable bonds is 3. The molecule has 0 radical (unpaired) electrons. The third-order valence-corrected chi connectivity index (χ3v) is 5.17. The van der Waals surface area contributed by atoms with Crippen molar-refractivity contribution in [3.05, 3.63) is 59.9 Å². The summed E-state index contributed by atoms with van der Waals surface area (Å²) in [7, 11) is 0. The quantitative estimate of drug-likeness (QED) is 0.889. The summed E-state index contributed by atoms with van der Waals surface area (Å²) in [5.41, 5.74) is 1.31. The Bertz CT molecular complexity index is 929. The molecular weight excluding hydrogens is 361 g/mol. The molecule has 2 aromatic carbocycles. The minimum absolute atomic E-state index is 0.171. The molecule has 3 amide bonds. The minimum atomic E-state index is -0.549. The summed E-state index contributed by atoms with van der Waals surface area (Å²) in [4.78, 5) is 41.8. The van der Waals surface area contributed by atoms with Crippen LogP contribution in [0, 0.1) is 5.82 Å². The summed E-state index contributed by atoms with van der Waals surface area (Å²) in [6, 6.07) is 11.7. The monoisotopic (exact) mass is 381 g/mol. The Hall–Kier alpha value is -3.22. The highest BCUT2D eigenvalue weighted by Crippen LogP contribution is 2.31. The summed E-state index contributed by atoms with van der Waals surface area (Å²) in [6.07, 6.45) is 2.32. The predicted octanol–water partition coefficient (Wildman–Crippen LogP) is 2.81. The SMILES string of the molecule is O=C(CN1C(=O)[C@H]2CCCCN2C(=O)c2ccccc21)Nc1ccc(F)cc1. The van der Waals surface area contributed by atoms with Gasteiger partial charge < -0.3 is 15.1 Å². The van der Waals surface area contributed by atoms with Crippen LogP contribution in [0.3, 0.4) is 0 Å². The number of amides is 3. The number of anilines is 2. The molecule has 2 aliphatic heterocycles. The van der Waals surface area contributed by atoms with Gasteiger partial charge in [-0.1, -0.05) is 12.1 Å². The summed E-state index contributed by atoms with van der Waals surface area (Å²) >= 11 is 0. The first kappa shape index (κ1) is 18.2. The average molecular weight is 381 g/mol. The fourth-order valence-electron chi connectivity index (χ4n) is 3.81. The molecule has 28 heavy (non-hydrogen) atoms. The first-order chi connectivity index (χ1) is 13.5. The van der Waals surface area contributed by atoms with E-state index in [0.29, 0.717) is 29.9 Å². The molecular formula is C21H20FN3O3. The standard InChI is InChI=1S/C21H20FN3O3/c22-14-8-10-15(11-9-14)23-19(26)13-25-17-6-2-1-5-16(17)20(27)24-12-4-3-7-18(24)21(25)28/h1-2,5-6,8-11,18H,3-4,7,12-13H2,(H,23,26)/t18-/m1/s1. The van der Waals surface area contributed by atoms with E-state index in [-0.39, 0.29) is 18.4 Å². The Kier molecular flexibility index (Phi) is 4.81. The molecule has 1 atom stereocenters. The van der Waals surface area contributed by atoms with Crippen molar-refractivity contribution in [3.63, 3.8) is 0 Å². The Morgan fingerprint density at radius 1 is 1.07 bits per heavy atom. The van der Waals surface area contributed by atoms with Gasteiger partial charge in [-0.05, 0) is 55.7 Å². The zero-order valence-electron chi connectivity index (χ0n) is 15.2. The van der Waals surface area contributed by atoms with Gasteiger partial charge in [-0.25, -0.2) is 4.39 Å². The number of benzene rings is 2. The van der Waals surface area contributed by atoms with Gasteiger partial charge in [-0.3, -0.25) is 14.4 Å². The molecule has 1 saturated heterocycles. The lowest BCUT2D eigenvalue weighted by Crippen LogP contribution is -2.52. The van der Waals surface area contributed by atoms with Gasteiger partial charge >= 0.3 is 0 Å². The van der Waals surface area contributed by atoms with E-state index in [0.717, 1.165) is 12.8 Å². The van der Waals surface area contributed by atoms with Crippen LogP contribution >= 0.6 is 0 Å². The molecule has 0 spiro atoms. The third-order valence-electron chi connectivity index (χ3n) is 5.17.